The van der Waals surface area contributed by atoms with Gasteiger partial charge in [0.05, 0.1) is 51.0 Å². The average molecular weight is 491 g/mol. The van der Waals surface area contributed by atoms with E-state index in [0.717, 1.165) is 51.4 Å². The number of nitrogens with one attached hydrogen (secondary N) is 1. The van der Waals surface area contributed by atoms with Gasteiger partial charge in [0.25, 0.3) is 0 Å². The van der Waals surface area contributed by atoms with Crippen molar-refractivity contribution in [2.75, 3.05) is 33.7 Å². The lowest BCUT2D eigenvalue weighted by Crippen LogP contribution is -2.49. The minimum absolute atomic E-state index is 0.000749. The van der Waals surface area contributed by atoms with Crippen LogP contribution in [-0.2, 0) is 9.59 Å². The Hall–Kier alpha value is -1.26. The molecule has 0 aromatic carbocycles. The van der Waals surface area contributed by atoms with Gasteiger partial charge in [0.15, 0.2) is 0 Å². The molecule has 0 aromatic rings. The summed E-state index contributed by atoms with van der Waals surface area (Å²) in [7, 11) is 3.64. The largest absolute Gasteiger partial charge is 0.544 e. The van der Waals surface area contributed by atoms with Crippen LogP contribution < -0.4 is 10.4 Å². The molecule has 0 radical (unpaired) electrons. The van der Waals surface area contributed by atoms with E-state index in [4.69, 9.17) is 0 Å². The Kier molecular flexibility index (Phi) is 18.3. The van der Waals surface area contributed by atoms with Crippen LogP contribution in [0, 0.1) is 0 Å². The molecule has 0 aliphatic carbocycles. The standard InChI is InChI=1S/C25H50N2O7/c1-4-5-9-13-20(28)22(30)18-23(31)21(29)14-10-7-6-8-11-15-24(32)26-16-12-17-27(2,3)19-25(33)34/h20-23,28-31H,4-19H2,1-3H3,(H-,26,32,33,34). The number of aliphatic hydroxyl groups excluding tert-OH is 4. The molecular weight excluding hydrogens is 440 g/mol. The summed E-state index contributed by atoms with van der Waals surface area (Å²) >= 11 is 0. The number of aliphatic hydroxyl groups is 4. The number of carboxylic acid groups (broad SMARTS) is 1. The zero-order valence-corrected chi connectivity index (χ0v) is 21.6. The lowest BCUT2D eigenvalue weighted by Gasteiger charge is -2.30. The van der Waals surface area contributed by atoms with Crippen molar-refractivity contribution in [1.82, 2.24) is 5.32 Å². The van der Waals surface area contributed by atoms with Crippen molar-refractivity contribution in [3.8, 4) is 0 Å². The van der Waals surface area contributed by atoms with Crippen LogP contribution in [0.4, 0.5) is 0 Å². The molecule has 5 N–H and O–H groups in total. The number of unbranched alkanes of at least 4 members (excludes halogenated alkanes) is 6. The van der Waals surface area contributed by atoms with Crippen LogP contribution >= 0.6 is 0 Å². The monoisotopic (exact) mass is 490 g/mol. The van der Waals surface area contributed by atoms with Crippen molar-refractivity contribution >= 4 is 11.9 Å². The fraction of sp³-hybridized carbons (Fsp3) is 0.920. The summed E-state index contributed by atoms with van der Waals surface area (Å²) in [5, 5.41) is 53.7. The number of hydrogen-bond donors (Lipinski definition) is 5. The number of quaternary nitrogens is 1. The second kappa shape index (κ2) is 19.0. The summed E-state index contributed by atoms with van der Waals surface area (Å²) in [6.07, 6.45) is 5.32. The first-order valence-corrected chi connectivity index (χ1v) is 13.0. The van der Waals surface area contributed by atoms with Gasteiger partial charge in [-0.15, -0.1) is 0 Å². The number of carboxylic acids is 1. The van der Waals surface area contributed by atoms with Crippen LogP contribution in [0.2, 0.25) is 0 Å². The van der Waals surface area contributed by atoms with Gasteiger partial charge in [-0.2, -0.15) is 0 Å². The van der Waals surface area contributed by atoms with Gasteiger partial charge in [0.1, 0.15) is 6.54 Å². The first-order valence-electron chi connectivity index (χ1n) is 13.0. The van der Waals surface area contributed by atoms with E-state index < -0.39 is 30.4 Å². The molecule has 0 fully saturated rings. The van der Waals surface area contributed by atoms with Gasteiger partial charge in [-0.05, 0) is 19.3 Å². The molecule has 0 heterocycles. The maximum absolute atomic E-state index is 11.9. The van der Waals surface area contributed by atoms with Gasteiger partial charge in [0.2, 0.25) is 5.91 Å². The second-order valence-electron chi connectivity index (χ2n) is 10.2. The van der Waals surface area contributed by atoms with Crippen LogP contribution in [0.5, 0.6) is 0 Å². The lowest BCUT2D eigenvalue weighted by molar-refractivity contribution is -0.884. The summed E-state index contributed by atoms with van der Waals surface area (Å²) < 4.78 is 0.325. The number of nitrogens with zero attached hydrogens (tertiary/aromatic N) is 1. The fourth-order valence-electron chi connectivity index (χ4n) is 3.97. The van der Waals surface area contributed by atoms with E-state index in [1.807, 2.05) is 14.1 Å². The maximum atomic E-state index is 11.9. The molecule has 1 amide bonds. The summed E-state index contributed by atoms with van der Waals surface area (Å²) in [5.41, 5.74) is 0. The molecule has 0 bridgehead atoms. The lowest BCUT2D eigenvalue weighted by atomic mass is 9.96. The summed E-state index contributed by atoms with van der Waals surface area (Å²) in [4.78, 5) is 22.6. The fourth-order valence-corrected chi connectivity index (χ4v) is 3.97. The van der Waals surface area contributed by atoms with Crippen molar-refractivity contribution < 1.29 is 39.6 Å². The van der Waals surface area contributed by atoms with Crippen LogP contribution in [-0.4, -0.2) is 94.9 Å². The Bertz CT molecular complexity index is 545. The predicted molar refractivity (Wildman–Crippen MR) is 130 cm³/mol. The highest BCUT2D eigenvalue weighted by atomic mass is 16.4. The van der Waals surface area contributed by atoms with Gasteiger partial charge in [-0.3, -0.25) is 4.79 Å². The van der Waals surface area contributed by atoms with Gasteiger partial charge < -0.3 is 40.1 Å². The topological polar surface area (TPSA) is 150 Å². The number of rotatable bonds is 22. The molecule has 0 aliphatic rings. The zero-order valence-electron chi connectivity index (χ0n) is 21.6. The molecule has 0 spiro atoms. The van der Waals surface area contributed by atoms with Crippen molar-refractivity contribution in [2.24, 2.45) is 0 Å². The van der Waals surface area contributed by atoms with Gasteiger partial charge in [-0.25, -0.2) is 0 Å². The highest BCUT2D eigenvalue weighted by Crippen LogP contribution is 2.16. The third-order valence-corrected chi connectivity index (χ3v) is 6.20. The smallest absolute Gasteiger partial charge is 0.219 e. The molecule has 4 unspecified atom stereocenters. The van der Waals surface area contributed by atoms with Crippen molar-refractivity contribution in [3.63, 3.8) is 0 Å². The molecule has 34 heavy (non-hydrogen) atoms. The molecular formula is C25H50N2O7. The van der Waals surface area contributed by atoms with Gasteiger partial charge in [-0.1, -0.05) is 51.9 Å². The zero-order chi connectivity index (χ0) is 26.0. The van der Waals surface area contributed by atoms with Crippen LogP contribution in [0.25, 0.3) is 0 Å². The first-order chi connectivity index (χ1) is 16.0. The van der Waals surface area contributed by atoms with E-state index >= 15 is 0 Å². The Morgan fingerprint density at radius 1 is 0.794 bits per heavy atom. The van der Waals surface area contributed by atoms with E-state index in [1.54, 1.807) is 0 Å². The van der Waals surface area contributed by atoms with Crippen molar-refractivity contribution in [2.45, 2.75) is 115 Å². The second-order valence-corrected chi connectivity index (χ2v) is 10.2. The number of amides is 1. The van der Waals surface area contributed by atoms with E-state index in [0.29, 0.717) is 43.3 Å². The summed E-state index contributed by atoms with van der Waals surface area (Å²) in [6.45, 7) is 3.19. The van der Waals surface area contributed by atoms with Crippen LogP contribution in [0.15, 0.2) is 0 Å². The van der Waals surface area contributed by atoms with E-state index in [9.17, 15) is 35.1 Å². The molecule has 0 rings (SSSR count). The Morgan fingerprint density at radius 2 is 1.32 bits per heavy atom. The Labute approximate surface area is 205 Å². The molecule has 4 atom stereocenters. The van der Waals surface area contributed by atoms with E-state index in [-0.39, 0.29) is 18.9 Å². The van der Waals surface area contributed by atoms with Crippen LogP contribution in [0.3, 0.4) is 0 Å². The Balaban J connectivity index is 3.75. The molecule has 202 valence electrons. The maximum Gasteiger partial charge on any atom is 0.219 e. The number of likely N-dealkylation sites (N-methyl/N-ethyl adjacent to an activating group) is 1. The third kappa shape index (κ3) is 18.1. The molecule has 0 aliphatic heterocycles. The number of carbonyl (C=O) groups is 2. The number of carbonyl (C=O) groups excluding carboxylic acids is 2. The number of aliphatic carboxylic acids is 1. The first kappa shape index (κ1) is 32.7. The minimum Gasteiger partial charge on any atom is -0.544 e. The highest BCUT2D eigenvalue weighted by molar-refractivity contribution is 5.75. The van der Waals surface area contributed by atoms with Crippen molar-refractivity contribution in [3.05, 3.63) is 0 Å². The van der Waals surface area contributed by atoms with E-state index in [2.05, 4.69) is 12.2 Å². The summed E-state index contributed by atoms with van der Waals surface area (Å²) in [6, 6.07) is 0. The third-order valence-electron chi connectivity index (χ3n) is 6.20. The van der Waals surface area contributed by atoms with Gasteiger partial charge >= 0.3 is 0 Å². The van der Waals surface area contributed by atoms with Gasteiger partial charge in [0, 0.05) is 25.8 Å². The molecule has 9 heteroatoms. The number of hydrogen-bond acceptors (Lipinski definition) is 7. The SMILES string of the molecule is CCCCCC(O)C(O)CC(O)C(O)CCCCCCCC(=O)NCCC[N+](C)(C)CC(=O)[O-]. The van der Waals surface area contributed by atoms with Crippen LogP contribution in [0.1, 0.15) is 90.4 Å². The Morgan fingerprint density at radius 3 is 1.88 bits per heavy atom. The van der Waals surface area contributed by atoms with E-state index in [1.165, 1.54) is 0 Å². The average Bonchev–Trinajstić information content (AvgIpc) is 2.74. The quantitative estimate of drug-likeness (QED) is 0.109. The minimum atomic E-state index is -1.08. The van der Waals surface area contributed by atoms with Crippen molar-refractivity contribution in [1.29, 1.82) is 0 Å². The molecule has 9 nitrogen and oxygen atoms in total. The normalized spacial score (nSPS) is 15.5. The summed E-state index contributed by atoms with van der Waals surface area (Å²) in [5.74, 6) is -1.08. The molecule has 0 saturated carbocycles. The highest BCUT2D eigenvalue weighted by Gasteiger charge is 2.24. The predicted octanol–water partition coefficient (Wildman–Crippen LogP) is 0.464. The molecule has 0 saturated heterocycles. The molecule has 0 aromatic heterocycles.